The van der Waals surface area contributed by atoms with Gasteiger partial charge < -0.3 is 19.1 Å². The van der Waals surface area contributed by atoms with Gasteiger partial charge in [-0.15, -0.1) is 0 Å². The van der Waals surface area contributed by atoms with E-state index in [2.05, 4.69) is 9.71 Å². The summed E-state index contributed by atoms with van der Waals surface area (Å²) in [4.78, 5) is 74.5. The number of carbonyl (C=O) groups excluding carboxylic acids is 5. The number of allylic oxidation sites excluding steroid dienone is 2. The number of methoxy groups -OCH3 is 1. The molecule has 1 aliphatic heterocycles. The highest BCUT2D eigenvalue weighted by atomic mass is 32.2. The van der Waals surface area contributed by atoms with Gasteiger partial charge in [0.05, 0.1) is 42.7 Å². The first-order valence-electron chi connectivity index (χ1n) is 18.0. The van der Waals surface area contributed by atoms with Crippen molar-refractivity contribution in [2.24, 2.45) is 23.2 Å². The number of esters is 1. The standard InChI is InChI=1S/C38H47N3O10S/c1-6-23-19-38(23,36(46)40-52(47,48)26-11-12-26)20-32(43)30-17-25(50-34-27-13-10-24(49-5)16-22(27)14-15-39-34)21-41(30)35(45)29(28-8-7-9-31(28)42)18-33(44)51-37(2,3)4/h7,9-10,13-16,23,25-26,28-30H,6,8,11-12,17-21H2,1-5H3,(H,40,46)/t23-,25-,28?,29+,30+,38-/m1/s1. The molecule has 2 saturated carbocycles. The van der Waals surface area contributed by atoms with Gasteiger partial charge in [-0.05, 0) is 88.1 Å². The number of sulfonamides is 1. The number of Topliss-reactive ketones (excluding diaryl/α,β-unsaturated/α-hetero) is 1. The van der Waals surface area contributed by atoms with Crippen LogP contribution in [-0.2, 0) is 38.7 Å². The number of amides is 2. The molecule has 0 spiro atoms. The van der Waals surface area contributed by atoms with Crippen LogP contribution in [0.5, 0.6) is 11.6 Å². The van der Waals surface area contributed by atoms with Crippen molar-refractivity contribution in [2.45, 2.75) is 102 Å². The van der Waals surface area contributed by atoms with Gasteiger partial charge in [-0.1, -0.05) is 19.4 Å². The van der Waals surface area contributed by atoms with E-state index in [1.54, 1.807) is 46.2 Å². The molecule has 2 amide bonds. The zero-order valence-electron chi connectivity index (χ0n) is 30.3. The van der Waals surface area contributed by atoms with Gasteiger partial charge in [-0.25, -0.2) is 13.4 Å². The lowest BCUT2D eigenvalue weighted by molar-refractivity contribution is -0.160. The first-order chi connectivity index (χ1) is 24.5. The second-order valence-electron chi connectivity index (χ2n) is 15.5. The lowest BCUT2D eigenvalue weighted by Crippen LogP contribution is -2.48. The molecule has 0 radical (unpaired) electrons. The quantitative estimate of drug-likeness (QED) is 0.277. The van der Waals surface area contributed by atoms with Crippen molar-refractivity contribution in [2.75, 3.05) is 13.7 Å². The maximum absolute atomic E-state index is 14.6. The third-order valence-electron chi connectivity index (χ3n) is 10.6. The molecule has 1 aromatic carbocycles. The van der Waals surface area contributed by atoms with E-state index in [-0.39, 0.29) is 43.9 Å². The van der Waals surface area contributed by atoms with Crippen LogP contribution >= 0.6 is 0 Å². The van der Waals surface area contributed by atoms with E-state index in [4.69, 9.17) is 14.2 Å². The van der Waals surface area contributed by atoms with E-state index in [0.29, 0.717) is 42.7 Å². The van der Waals surface area contributed by atoms with Crippen molar-refractivity contribution in [3.05, 3.63) is 42.6 Å². The number of hydrogen-bond acceptors (Lipinski definition) is 11. The van der Waals surface area contributed by atoms with Crippen LogP contribution in [0.15, 0.2) is 42.6 Å². The third-order valence-corrected chi connectivity index (χ3v) is 12.5. The Morgan fingerprint density at radius 2 is 1.88 bits per heavy atom. The van der Waals surface area contributed by atoms with Crippen LogP contribution < -0.4 is 14.2 Å². The molecule has 14 heteroatoms. The summed E-state index contributed by atoms with van der Waals surface area (Å²) < 4.78 is 45.0. The predicted molar refractivity (Wildman–Crippen MR) is 190 cm³/mol. The Balaban J connectivity index is 1.30. The number of aromatic nitrogens is 1. The number of ether oxygens (including phenoxy) is 3. The molecule has 3 fully saturated rings. The van der Waals surface area contributed by atoms with E-state index in [1.165, 1.54) is 11.0 Å². The van der Waals surface area contributed by atoms with Crippen molar-refractivity contribution in [3.63, 3.8) is 0 Å². The summed E-state index contributed by atoms with van der Waals surface area (Å²) in [7, 11) is -2.28. The Bertz CT molecular complexity index is 1920. The number of hydrogen-bond donors (Lipinski definition) is 1. The normalized spacial score (nSPS) is 26.2. The molecule has 1 saturated heterocycles. The number of nitrogens with zero attached hydrogens (tertiary/aromatic N) is 2. The molecule has 2 heterocycles. The number of rotatable bonds is 14. The second-order valence-corrected chi connectivity index (χ2v) is 17.5. The summed E-state index contributed by atoms with van der Waals surface area (Å²) in [5, 5.41) is 0.890. The topological polar surface area (TPSA) is 175 Å². The summed E-state index contributed by atoms with van der Waals surface area (Å²) in [6, 6.07) is 6.16. The lowest BCUT2D eigenvalue weighted by Gasteiger charge is -2.31. The minimum Gasteiger partial charge on any atom is -0.497 e. The number of ketones is 2. The second kappa shape index (κ2) is 14.2. The maximum atomic E-state index is 14.6. The Labute approximate surface area is 303 Å². The molecular weight excluding hydrogens is 690 g/mol. The monoisotopic (exact) mass is 737 g/mol. The van der Waals surface area contributed by atoms with Crippen molar-refractivity contribution in [1.82, 2.24) is 14.6 Å². The molecule has 13 nitrogen and oxygen atoms in total. The van der Waals surface area contributed by atoms with Gasteiger partial charge in [0.2, 0.25) is 27.7 Å². The highest BCUT2D eigenvalue weighted by molar-refractivity contribution is 7.90. The van der Waals surface area contributed by atoms with E-state index in [1.807, 2.05) is 25.1 Å². The molecule has 3 aliphatic carbocycles. The maximum Gasteiger partial charge on any atom is 0.307 e. The molecule has 52 heavy (non-hydrogen) atoms. The molecule has 0 bridgehead atoms. The van der Waals surface area contributed by atoms with Crippen LogP contribution in [0.3, 0.4) is 0 Å². The molecule has 280 valence electrons. The molecule has 1 N–H and O–H groups in total. The van der Waals surface area contributed by atoms with Gasteiger partial charge in [0.25, 0.3) is 0 Å². The fourth-order valence-electron chi connectivity index (χ4n) is 7.66. The lowest BCUT2D eigenvalue weighted by atomic mass is 9.85. The zero-order valence-corrected chi connectivity index (χ0v) is 31.1. The van der Waals surface area contributed by atoms with Crippen LogP contribution in [0.1, 0.15) is 79.1 Å². The number of nitrogens with one attached hydrogen (secondary N) is 1. The Morgan fingerprint density at radius 1 is 1.13 bits per heavy atom. The minimum absolute atomic E-state index is 0.0465. The molecule has 1 aromatic heterocycles. The number of likely N-dealkylation sites (tertiary alicyclic amines) is 1. The molecule has 2 aromatic rings. The SMILES string of the molecule is CC[C@@H]1C[C@]1(CC(=O)[C@@H]1C[C@@H](Oc2nccc3cc(OC)ccc23)CN1C(=O)[C@@H](CC(=O)OC(C)(C)C)C1CC=CC1=O)C(=O)NS(=O)(=O)C1CC1. The molecule has 1 unspecified atom stereocenters. The van der Waals surface area contributed by atoms with Gasteiger partial charge in [-0.2, -0.15) is 0 Å². The fourth-order valence-corrected chi connectivity index (χ4v) is 9.05. The van der Waals surface area contributed by atoms with Crippen LogP contribution in [-0.4, -0.2) is 84.3 Å². The Hall–Kier alpha value is -4.33. The van der Waals surface area contributed by atoms with Crippen LogP contribution in [0.4, 0.5) is 0 Å². The smallest absolute Gasteiger partial charge is 0.307 e. The summed E-state index contributed by atoms with van der Waals surface area (Å²) in [5.41, 5.74) is -2.05. The first-order valence-corrected chi connectivity index (χ1v) is 19.5. The molecule has 6 atom stereocenters. The van der Waals surface area contributed by atoms with Crippen molar-refractivity contribution in [3.8, 4) is 11.6 Å². The Morgan fingerprint density at radius 3 is 2.50 bits per heavy atom. The van der Waals surface area contributed by atoms with Gasteiger partial charge in [-0.3, -0.25) is 28.7 Å². The number of carbonyl (C=O) groups is 5. The van der Waals surface area contributed by atoms with E-state index in [0.717, 1.165) is 5.39 Å². The highest BCUT2D eigenvalue weighted by Gasteiger charge is 2.62. The van der Waals surface area contributed by atoms with E-state index in [9.17, 15) is 32.4 Å². The largest absolute Gasteiger partial charge is 0.497 e. The Kier molecular flexibility index (Phi) is 10.3. The van der Waals surface area contributed by atoms with Gasteiger partial charge >= 0.3 is 5.97 Å². The van der Waals surface area contributed by atoms with Gasteiger partial charge in [0.1, 0.15) is 17.5 Å². The molecule has 6 rings (SSSR count). The van der Waals surface area contributed by atoms with Crippen LogP contribution in [0.2, 0.25) is 0 Å². The molecule has 4 aliphatic rings. The summed E-state index contributed by atoms with van der Waals surface area (Å²) in [5.74, 6) is -3.80. The first kappa shape index (κ1) is 37.4. The number of fused-ring (bicyclic) bond motifs is 1. The summed E-state index contributed by atoms with van der Waals surface area (Å²) >= 11 is 0. The minimum atomic E-state index is -3.85. The van der Waals surface area contributed by atoms with Crippen molar-refractivity contribution < 1.29 is 46.6 Å². The van der Waals surface area contributed by atoms with E-state index < -0.39 is 73.8 Å². The fraction of sp³-hybridized carbons (Fsp3) is 0.579. The number of pyridine rings is 1. The molecular formula is C38H47N3O10S. The summed E-state index contributed by atoms with van der Waals surface area (Å²) in [6.07, 6.45) is 5.48. The van der Waals surface area contributed by atoms with Crippen molar-refractivity contribution in [1.29, 1.82) is 0 Å². The number of benzene rings is 1. The summed E-state index contributed by atoms with van der Waals surface area (Å²) in [6.45, 7) is 6.97. The average Bonchev–Trinajstić information content (AvgIpc) is 3.98. The van der Waals surface area contributed by atoms with Gasteiger partial charge in [0.15, 0.2) is 11.6 Å². The average molecular weight is 738 g/mol. The van der Waals surface area contributed by atoms with E-state index >= 15 is 0 Å². The third kappa shape index (κ3) is 7.86. The zero-order chi connectivity index (χ0) is 37.6. The van der Waals surface area contributed by atoms with Crippen LogP contribution in [0.25, 0.3) is 10.8 Å². The highest BCUT2D eigenvalue weighted by Crippen LogP contribution is 2.58. The van der Waals surface area contributed by atoms with Gasteiger partial charge in [0, 0.05) is 30.3 Å². The van der Waals surface area contributed by atoms with Crippen LogP contribution in [0, 0.1) is 23.2 Å². The van der Waals surface area contributed by atoms with Crippen molar-refractivity contribution >= 4 is 50.1 Å². The predicted octanol–water partition coefficient (Wildman–Crippen LogP) is 4.07.